The van der Waals surface area contributed by atoms with Crippen LogP contribution < -0.4 is 5.32 Å². The van der Waals surface area contributed by atoms with Crippen molar-refractivity contribution in [2.24, 2.45) is 5.92 Å². The Morgan fingerprint density at radius 2 is 2.05 bits per heavy atom. The van der Waals surface area contributed by atoms with Crippen LogP contribution in [0, 0.1) is 5.92 Å². The number of hydrogen-bond donors (Lipinski definition) is 1. The number of carbonyl (C=O) groups is 1. The lowest BCUT2D eigenvalue weighted by Gasteiger charge is -2.20. The second kappa shape index (κ2) is 6.42. The molecule has 0 aliphatic heterocycles. The Morgan fingerprint density at radius 1 is 1.35 bits per heavy atom. The molecule has 4 nitrogen and oxygen atoms in total. The molecular weight excluding hydrogens is 252 g/mol. The summed E-state index contributed by atoms with van der Waals surface area (Å²) in [6.07, 6.45) is 8.14. The van der Waals surface area contributed by atoms with Crippen LogP contribution in [0.3, 0.4) is 0 Å². The van der Waals surface area contributed by atoms with E-state index in [1.807, 2.05) is 6.07 Å². The van der Waals surface area contributed by atoms with Gasteiger partial charge in [-0.25, -0.2) is 0 Å². The smallest absolute Gasteiger partial charge is 0.231 e. The molecule has 1 heterocycles. The Bertz CT molecular complexity index is 440. The number of anilines is 1. The highest BCUT2D eigenvalue weighted by atomic mass is 16.5. The molecule has 0 aromatic carbocycles. The highest BCUT2D eigenvalue weighted by Gasteiger charge is 2.20. The summed E-state index contributed by atoms with van der Waals surface area (Å²) in [5, 5.41) is 6.81. The number of aromatic nitrogens is 1. The van der Waals surface area contributed by atoms with Crippen LogP contribution in [0.1, 0.15) is 71.4 Å². The van der Waals surface area contributed by atoms with Gasteiger partial charge in [-0.2, -0.15) is 0 Å². The van der Waals surface area contributed by atoms with E-state index in [0.29, 0.717) is 12.3 Å². The first-order valence-electron chi connectivity index (χ1n) is 7.72. The first kappa shape index (κ1) is 15.1. The van der Waals surface area contributed by atoms with E-state index in [1.165, 1.54) is 32.1 Å². The van der Waals surface area contributed by atoms with Crippen LogP contribution in [0.5, 0.6) is 0 Å². The Labute approximate surface area is 121 Å². The molecule has 1 aliphatic carbocycles. The molecule has 20 heavy (non-hydrogen) atoms. The fourth-order valence-electron chi connectivity index (χ4n) is 2.70. The van der Waals surface area contributed by atoms with Crippen molar-refractivity contribution in [1.82, 2.24) is 5.16 Å². The molecule has 0 unspecified atom stereocenters. The fraction of sp³-hybridized carbons (Fsp3) is 0.750. The van der Waals surface area contributed by atoms with E-state index in [-0.39, 0.29) is 11.3 Å². The second-order valence-corrected chi connectivity index (χ2v) is 6.92. The quantitative estimate of drug-likeness (QED) is 0.894. The summed E-state index contributed by atoms with van der Waals surface area (Å²) < 4.78 is 5.17. The minimum atomic E-state index is -0.0609. The normalized spacial score (nSPS) is 17.1. The van der Waals surface area contributed by atoms with E-state index in [1.54, 1.807) is 0 Å². The molecule has 1 aliphatic rings. The van der Waals surface area contributed by atoms with Gasteiger partial charge in [0.25, 0.3) is 0 Å². The average molecular weight is 278 g/mol. The molecule has 0 saturated heterocycles. The van der Waals surface area contributed by atoms with Gasteiger partial charge in [-0.05, 0) is 12.3 Å². The van der Waals surface area contributed by atoms with Gasteiger partial charge >= 0.3 is 0 Å². The molecule has 0 spiro atoms. The molecule has 1 fully saturated rings. The molecule has 1 aromatic rings. The summed E-state index contributed by atoms with van der Waals surface area (Å²) in [5.74, 6) is 1.23. The van der Waals surface area contributed by atoms with Crippen LogP contribution in [0.4, 0.5) is 5.88 Å². The molecule has 1 aromatic heterocycles. The Kier molecular flexibility index (Phi) is 4.84. The molecule has 1 amide bonds. The molecule has 2 rings (SSSR count). The number of carbonyl (C=O) groups excluding carboxylic acids is 1. The van der Waals surface area contributed by atoms with Gasteiger partial charge in [0, 0.05) is 17.9 Å². The summed E-state index contributed by atoms with van der Waals surface area (Å²) in [4.78, 5) is 11.9. The van der Waals surface area contributed by atoms with Gasteiger partial charge in [0.15, 0.2) is 0 Å². The third-order valence-corrected chi connectivity index (χ3v) is 4.05. The van der Waals surface area contributed by atoms with Crippen LogP contribution in [-0.2, 0) is 10.2 Å². The number of hydrogen-bond acceptors (Lipinski definition) is 3. The van der Waals surface area contributed by atoms with Crippen LogP contribution in [-0.4, -0.2) is 11.1 Å². The van der Waals surface area contributed by atoms with Gasteiger partial charge in [-0.15, -0.1) is 0 Å². The molecular formula is C16H26N2O2. The van der Waals surface area contributed by atoms with E-state index in [2.05, 4.69) is 31.2 Å². The van der Waals surface area contributed by atoms with E-state index in [4.69, 9.17) is 4.52 Å². The summed E-state index contributed by atoms with van der Waals surface area (Å²) in [6, 6.07) is 1.82. The summed E-state index contributed by atoms with van der Waals surface area (Å²) >= 11 is 0. The highest BCUT2D eigenvalue weighted by Crippen LogP contribution is 2.28. The van der Waals surface area contributed by atoms with Gasteiger partial charge in [0.1, 0.15) is 0 Å². The molecule has 0 radical (unpaired) electrons. The lowest BCUT2D eigenvalue weighted by Crippen LogP contribution is -2.14. The Hall–Kier alpha value is -1.32. The zero-order valence-corrected chi connectivity index (χ0v) is 12.9. The van der Waals surface area contributed by atoms with Crippen LogP contribution >= 0.6 is 0 Å². The van der Waals surface area contributed by atoms with Gasteiger partial charge in [-0.3, -0.25) is 10.1 Å². The number of rotatable bonds is 4. The molecule has 0 atom stereocenters. The number of nitrogens with one attached hydrogen (secondary N) is 1. The van der Waals surface area contributed by atoms with Crippen molar-refractivity contribution >= 4 is 11.8 Å². The second-order valence-electron chi connectivity index (χ2n) is 6.92. The monoisotopic (exact) mass is 278 g/mol. The molecule has 0 bridgehead atoms. The zero-order chi connectivity index (χ0) is 14.6. The van der Waals surface area contributed by atoms with Crippen molar-refractivity contribution in [3.8, 4) is 0 Å². The van der Waals surface area contributed by atoms with Gasteiger partial charge in [0.2, 0.25) is 11.8 Å². The van der Waals surface area contributed by atoms with Gasteiger partial charge in [-0.1, -0.05) is 58.0 Å². The third kappa shape index (κ3) is 4.36. The van der Waals surface area contributed by atoms with Crippen molar-refractivity contribution in [2.75, 3.05) is 5.32 Å². The largest absolute Gasteiger partial charge is 0.338 e. The Balaban J connectivity index is 1.77. The number of nitrogens with zero attached hydrogens (tertiary/aromatic N) is 1. The van der Waals surface area contributed by atoms with Crippen LogP contribution in [0.2, 0.25) is 0 Å². The minimum absolute atomic E-state index is 0.0344. The lowest BCUT2D eigenvalue weighted by atomic mass is 9.86. The van der Waals surface area contributed by atoms with Crippen LogP contribution in [0.25, 0.3) is 0 Å². The van der Waals surface area contributed by atoms with E-state index in [0.717, 1.165) is 18.0 Å². The SMILES string of the molecule is CC(C)(C)c1cc(NC(=O)CCC2CCCCC2)on1. The fourth-order valence-corrected chi connectivity index (χ4v) is 2.70. The van der Waals surface area contributed by atoms with Gasteiger partial charge < -0.3 is 4.52 Å². The zero-order valence-electron chi connectivity index (χ0n) is 12.9. The lowest BCUT2D eigenvalue weighted by molar-refractivity contribution is -0.116. The minimum Gasteiger partial charge on any atom is -0.338 e. The molecule has 4 heteroatoms. The molecule has 1 saturated carbocycles. The van der Waals surface area contributed by atoms with E-state index < -0.39 is 0 Å². The van der Waals surface area contributed by atoms with E-state index >= 15 is 0 Å². The van der Waals surface area contributed by atoms with Crippen molar-refractivity contribution < 1.29 is 9.32 Å². The van der Waals surface area contributed by atoms with Crippen molar-refractivity contribution in [3.63, 3.8) is 0 Å². The van der Waals surface area contributed by atoms with Crippen molar-refractivity contribution in [1.29, 1.82) is 0 Å². The predicted molar refractivity (Wildman–Crippen MR) is 79.6 cm³/mol. The highest BCUT2D eigenvalue weighted by molar-refractivity contribution is 5.89. The standard InChI is InChI=1S/C16H26N2O2/c1-16(2,3)13-11-15(20-18-13)17-14(19)10-9-12-7-5-4-6-8-12/h11-12H,4-10H2,1-3H3,(H,17,19). The first-order chi connectivity index (χ1) is 9.45. The predicted octanol–water partition coefficient (Wildman–Crippen LogP) is 4.27. The number of amides is 1. The summed E-state index contributed by atoms with van der Waals surface area (Å²) in [6.45, 7) is 6.21. The summed E-state index contributed by atoms with van der Waals surface area (Å²) in [5.41, 5.74) is 0.800. The Morgan fingerprint density at radius 3 is 2.65 bits per heavy atom. The van der Waals surface area contributed by atoms with Crippen molar-refractivity contribution in [2.45, 2.75) is 71.1 Å². The maximum absolute atomic E-state index is 11.9. The average Bonchev–Trinajstić information content (AvgIpc) is 2.86. The topological polar surface area (TPSA) is 55.1 Å². The third-order valence-electron chi connectivity index (χ3n) is 4.05. The van der Waals surface area contributed by atoms with Crippen LogP contribution in [0.15, 0.2) is 10.6 Å². The molecule has 112 valence electrons. The maximum atomic E-state index is 11.9. The molecule has 1 N–H and O–H groups in total. The maximum Gasteiger partial charge on any atom is 0.231 e. The summed E-state index contributed by atoms with van der Waals surface area (Å²) in [7, 11) is 0. The van der Waals surface area contributed by atoms with E-state index in [9.17, 15) is 4.79 Å². The first-order valence-corrected chi connectivity index (χ1v) is 7.72. The van der Waals surface area contributed by atoms with Gasteiger partial charge in [0.05, 0.1) is 5.69 Å². The van der Waals surface area contributed by atoms with Crippen molar-refractivity contribution in [3.05, 3.63) is 11.8 Å².